The van der Waals surface area contributed by atoms with Crippen molar-refractivity contribution < 1.29 is 26.4 Å². The number of fused-ring (bicyclic) bond motifs is 1. The van der Waals surface area contributed by atoms with Gasteiger partial charge in [0, 0.05) is 11.3 Å². The number of nitrogens with two attached hydrogens (primary N) is 1. The van der Waals surface area contributed by atoms with Crippen LogP contribution in [0.3, 0.4) is 0 Å². The van der Waals surface area contributed by atoms with Gasteiger partial charge in [-0.15, -0.1) is 0 Å². The van der Waals surface area contributed by atoms with Crippen LogP contribution in [0.15, 0.2) is 57.2 Å². The van der Waals surface area contributed by atoms with Crippen LogP contribution in [0.5, 0.6) is 5.75 Å². The number of aliphatic imine (C=N–C) groups is 1. The number of carbonyl (C=O) groups excluding carboxylic acids is 1. The number of benzene rings is 2. The van der Waals surface area contributed by atoms with E-state index in [-0.39, 0.29) is 27.1 Å². The Hall–Kier alpha value is -2.96. The molecular formula is C17H18N4O6S2. The molecule has 2 aromatic carbocycles. The van der Waals surface area contributed by atoms with Crippen molar-refractivity contribution in [2.24, 2.45) is 10.1 Å². The molecule has 1 heterocycles. The molecule has 4 N–H and O–H groups in total. The van der Waals surface area contributed by atoms with E-state index >= 15 is 0 Å². The van der Waals surface area contributed by atoms with Crippen LogP contribution in [0, 0.1) is 0 Å². The Balaban J connectivity index is 1.85. The van der Waals surface area contributed by atoms with Gasteiger partial charge in [0.1, 0.15) is 22.5 Å². The highest BCUT2D eigenvalue weighted by molar-refractivity contribution is 7.90. The number of sulfonamides is 2. The van der Waals surface area contributed by atoms with Crippen LogP contribution in [0.4, 0.5) is 5.69 Å². The van der Waals surface area contributed by atoms with Crippen LogP contribution in [0.1, 0.15) is 12.5 Å². The van der Waals surface area contributed by atoms with Crippen LogP contribution in [-0.2, 0) is 24.8 Å². The average Bonchev–Trinajstić information content (AvgIpc) is 2.91. The smallest absolute Gasteiger partial charge is 0.263 e. The topological polar surface area (TPSA) is 157 Å². The Morgan fingerprint density at radius 1 is 1.24 bits per heavy atom. The summed E-state index contributed by atoms with van der Waals surface area (Å²) in [5, 5.41) is 7.69. The largest absolute Gasteiger partial charge is 0.495 e. The molecule has 12 heteroatoms. The lowest BCUT2D eigenvalue weighted by atomic mass is 10.2. The predicted molar refractivity (Wildman–Crippen MR) is 106 cm³/mol. The zero-order valence-electron chi connectivity index (χ0n) is 15.4. The van der Waals surface area contributed by atoms with E-state index in [1.54, 1.807) is 18.2 Å². The van der Waals surface area contributed by atoms with Crippen LogP contribution in [0.2, 0.25) is 0 Å². The van der Waals surface area contributed by atoms with Gasteiger partial charge < -0.3 is 10.1 Å². The zero-order chi connectivity index (χ0) is 21.4. The summed E-state index contributed by atoms with van der Waals surface area (Å²) in [4.78, 5) is 16.4. The zero-order valence-corrected chi connectivity index (χ0v) is 17.0. The number of hydrogen-bond donors (Lipinski definition) is 3. The number of anilines is 1. The lowest BCUT2D eigenvalue weighted by Gasteiger charge is -2.12. The second kappa shape index (κ2) is 7.46. The van der Waals surface area contributed by atoms with E-state index in [9.17, 15) is 21.6 Å². The third-order valence-corrected chi connectivity index (χ3v) is 6.43. The molecule has 0 unspecified atom stereocenters. The molecule has 1 amide bonds. The maximum atomic E-state index is 12.5. The molecule has 0 bridgehead atoms. The molecule has 0 saturated carbocycles. The molecule has 0 aliphatic carbocycles. The van der Waals surface area contributed by atoms with Gasteiger partial charge in [-0.3, -0.25) is 14.5 Å². The fraction of sp³-hybridized carbons (Fsp3) is 0.176. The molecule has 0 saturated heterocycles. The first-order chi connectivity index (χ1) is 13.5. The molecule has 1 aliphatic heterocycles. The van der Waals surface area contributed by atoms with Gasteiger partial charge in [-0.2, -0.15) is 0 Å². The van der Waals surface area contributed by atoms with E-state index in [1.165, 1.54) is 38.3 Å². The van der Waals surface area contributed by atoms with Crippen molar-refractivity contribution in [2.75, 3.05) is 12.4 Å². The van der Waals surface area contributed by atoms with E-state index in [0.29, 0.717) is 5.56 Å². The summed E-state index contributed by atoms with van der Waals surface area (Å²) in [6.45, 7) is 1.47. The fourth-order valence-corrected chi connectivity index (χ4v) is 4.67. The molecule has 10 nitrogen and oxygen atoms in total. The first kappa shape index (κ1) is 20.8. The number of methoxy groups -OCH3 is 1. The lowest BCUT2D eigenvalue weighted by Crippen LogP contribution is -2.29. The first-order valence-corrected chi connectivity index (χ1v) is 11.3. The maximum absolute atomic E-state index is 12.5. The van der Waals surface area contributed by atoms with Crippen molar-refractivity contribution in [1.29, 1.82) is 0 Å². The number of rotatable bonds is 5. The number of nitrogens with zero attached hydrogens (tertiary/aromatic N) is 1. The maximum Gasteiger partial charge on any atom is 0.263 e. The first-order valence-electron chi connectivity index (χ1n) is 8.24. The van der Waals surface area contributed by atoms with Gasteiger partial charge in [-0.05, 0) is 37.3 Å². The second-order valence-electron chi connectivity index (χ2n) is 6.16. The molecule has 29 heavy (non-hydrogen) atoms. The minimum absolute atomic E-state index is 0.0377. The molecule has 2 aromatic rings. The highest BCUT2D eigenvalue weighted by atomic mass is 32.2. The molecule has 154 valence electrons. The quantitative estimate of drug-likeness (QED) is 0.613. The minimum atomic E-state index is -4.07. The summed E-state index contributed by atoms with van der Waals surface area (Å²) in [6.07, 6.45) is 0. The van der Waals surface area contributed by atoms with Gasteiger partial charge in [0.15, 0.2) is 0 Å². The molecule has 0 spiro atoms. The molecule has 0 fully saturated rings. The summed E-state index contributed by atoms with van der Waals surface area (Å²) in [5.41, 5.74) is 0.535. The van der Waals surface area contributed by atoms with Crippen molar-refractivity contribution >= 4 is 37.5 Å². The highest BCUT2D eigenvalue weighted by Gasteiger charge is 2.31. The summed E-state index contributed by atoms with van der Waals surface area (Å²) in [5.74, 6) is -0.481. The number of amidine groups is 1. The van der Waals surface area contributed by atoms with Crippen molar-refractivity contribution in [2.45, 2.75) is 22.8 Å². The van der Waals surface area contributed by atoms with Gasteiger partial charge in [-0.1, -0.05) is 12.1 Å². The number of hydrogen-bond acceptors (Lipinski definition) is 7. The summed E-state index contributed by atoms with van der Waals surface area (Å²) in [6, 6.07) is 9.26. The van der Waals surface area contributed by atoms with Gasteiger partial charge in [0.2, 0.25) is 15.9 Å². The molecule has 3 rings (SSSR count). The lowest BCUT2D eigenvalue weighted by molar-refractivity contribution is -0.117. The average molecular weight is 438 g/mol. The van der Waals surface area contributed by atoms with E-state index in [2.05, 4.69) is 15.0 Å². The number of amides is 1. The standard InChI is InChI=1S/C17H18N4O6S2/c1-10(19-16-12-5-3-4-6-14(12)29(25,26)21-16)17(22)20-11-7-8-13(27-2)15(9-11)28(18,23)24/h3-10H,1-2H3,(H,19,21)(H,20,22)(H2,18,23,24)/t10-/m0/s1. The number of ether oxygens (including phenoxy) is 1. The SMILES string of the molecule is COc1ccc(NC(=O)[C@H](C)N=C2NS(=O)(=O)c3ccccc32)cc1S(N)(=O)=O. The number of carbonyl (C=O) groups is 1. The fourth-order valence-electron chi connectivity index (χ4n) is 2.71. The van der Waals surface area contributed by atoms with E-state index in [0.717, 1.165) is 0 Å². The van der Waals surface area contributed by atoms with Gasteiger partial charge in [0.05, 0.1) is 12.0 Å². The van der Waals surface area contributed by atoms with Gasteiger partial charge in [-0.25, -0.2) is 22.0 Å². The van der Waals surface area contributed by atoms with Crippen molar-refractivity contribution in [3.05, 3.63) is 48.0 Å². The van der Waals surface area contributed by atoms with Crippen LogP contribution in [0.25, 0.3) is 0 Å². The summed E-state index contributed by atoms with van der Waals surface area (Å²) < 4.78 is 54.9. The molecule has 0 aromatic heterocycles. The van der Waals surface area contributed by atoms with Crippen LogP contribution < -0.4 is 19.9 Å². The Bertz CT molecular complexity index is 1220. The van der Waals surface area contributed by atoms with Crippen LogP contribution in [-0.4, -0.2) is 41.7 Å². The normalized spacial score (nSPS) is 17.3. The third-order valence-electron chi connectivity index (χ3n) is 4.10. The summed E-state index contributed by atoms with van der Waals surface area (Å²) in [7, 11) is -6.50. The van der Waals surface area contributed by atoms with E-state index < -0.39 is 32.0 Å². The van der Waals surface area contributed by atoms with E-state index in [4.69, 9.17) is 9.88 Å². The van der Waals surface area contributed by atoms with Gasteiger partial charge in [0.25, 0.3) is 10.0 Å². The monoisotopic (exact) mass is 438 g/mol. The number of nitrogens with one attached hydrogen (secondary N) is 2. The molecular weight excluding hydrogens is 420 g/mol. The summed E-state index contributed by atoms with van der Waals surface area (Å²) >= 11 is 0. The predicted octanol–water partition coefficient (Wildman–Crippen LogP) is 0.408. The molecule has 1 aliphatic rings. The third kappa shape index (κ3) is 4.23. The Morgan fingerprint density at radius 2 is 1.93 bits per heavy atom. The highest BCUT2D eigenvalue weighted by Crippen LogP contribution is 2.26. The van der Waals surface area contributed by atoms with Crippen LogP contribution >= 0.6 is 0 Å². The minimum Gasteiger partial charge on any atom is -0.495 e. The van der Waals surface area contributed by atoms with E-state index in [1.807, 2.05) is 0 Å². The molecule has 1 atom stereocenters. The Morgan fingerprint density at radius 3 is 2.59 bits per heavy atom. The Kier molecular flexibility index (Phi) is 5.34. The molecule has 0 radical (unpaired) electrons. The number of primary sulfonamides is 1. The Labute approximate surface area is 167 Å². The van der Waals surface area contributed by atoms with Crippen molar-refractivity contribution in [3.8, 4) is 5.75 Å². The van der Waals surface area contributed by atoms with Gasteiger partial charge >= 0.3 is 0 Å². The van der Waals surface area contributed by atoms with Crippen molar-refractivity contribution in [1.82, 2.24) is 4.72 Å². The van der Waals surface area contributed by atoms with Crippen molar-refractivity contribution in [3.63, 3.8) is 0 Å². The second-order valence-corrected chi connectivity index (χ2v) is 9.34.